The minimum Gasteiger partial charge on any atom is -0.392 e. The van der Waals surface area contributed by atoms with Crippen molar-refractivity contribution in [2.24, 2.45) is 0 Å². The zero-order valence-corrected chi connectivity index (χ0v) is 21.8. The van der Waals surface area contributed by atoms with E-state index < -0.39 is 6.29 Å². The first-order valence-electron chi connectivity index (χ1n) is 13.3. The van der Waals surface area contributed by atoms with Crippen molar-refractivity contribution in [3.63, 3.8) is 0 Å². The maximum absolute atomic E-state index is 11.3. The first-order valence-corrected chi connectivity index (χ1v) is 13.3. The molecule has 0 spiro atoms. The van der Waals surface area contributed by atoms with Gasteiger partial charge in [-0.05, 0) is 33.9 Å². The van der Waals surface area contributed by atoms with E-state index in [-0.39, 0.29) is 24.7 Å². The van der Waals surface area contributed by atoms with Gasteiger partial charge in [0.25, 0.3) is 0 Å². The van der Waals surface area contributed by atoms with Crippen molar-refractivity contribution in [3.05, 3.63) is 95.1 Å². The molecule has 3 aromatic rings. The Hall–Kier alpha value is -3.07. The van der Waals surface area contributed by atoms with Gasteiger partial charge >= 0.3 is 0 Å². The number of aliphatic hydroxyl groups excluding tert-OH is 1. The number of nitrogens with one attached hydrogen (secondary N) is 1. The number of hydrogen-bond acceptors (Lipinski definition) is 6. The molecule has 2 heterocycles. The molecule has 0 aromatic heterocycles. The fraction of sp³-hybridized carbons (Fsp3) is 0.387. The molecule has 2 fully saturated rings. The van der Waals surface area contributed by atoms with Crippen LogP contribution in [0, 0.1) is 0 Å². The highest BCUT2D eigenvalue weighted by Crippen LogP contribution is 2.38. The summed E-state index contributed by atoms with van der Waals surface area (Å²) in [6.07, 6.45) is 0.223. The second-order valence-corrected chi connectivity index (χ2v) is 10.00. The molecule has 7 heteroatoms. The lowest BCUT2D eigenvalue weighted by molar-refractivity contribution is -0.253. The van der Waals surface area contributed by atoms with Crippen LogP contribution in [0.3, 0.4) is 0 Å². The predicted octanol–water partition coefficient (Wildman–Crippen LogP) is 4.36. The summed E-state index contributed by atoms with van der Waals surface area (Å²) in [7, 11) is 0. The predicted molar refractivity (Wildman–Crippen MR) is 145 cm³/mol. The second-order valence-electron chi connectivity index (χ2n) is 10.00. The molecule has 2 aliphatic heterocycles. The molecule has 0 aliphatic carbocycles. The first-order chi connectivity index (χ1) is 18.6. The Morgan fingerprint density at radius 1 is 0.921 bits per heavy atom. The van der Waals surface area contributed by atoms with E-state index in [4.69, 9.17) is 14.2 Å². The molecule has 0 unspecified atom stereocenters. The molecule has 3 atom stereocenters. The van der Waals surface area contributed by atoms with Gasteiger partial charge in [0.1, 0.15) is 0 Å². The molecule has 38 heavy (non-hydrogen) atoms. The topological polar surface area (TPSA) is 80.3 Å². The highest BCUT2D eigenvalue weighted by atomic mass is 16.7. The summed E-state index contributed by atoms with van der Waals surface area (Å²) in [6, 6.07) is 24.5. The largest absolute Gasteiger partial charge is 0.392 e. The maximum atomic E-state index is 11.3. The average molecular weight is 517 g/mol. The van der Waals surface area contributed by atoms with Gasteiger partial charge in [-0.3, -0.25) is 9.69 Å². The van der Waals surface area contributed by atoms with E-state index >= 15 is 0 Å². The molecule has 7 nitrogen and oxygen atoms in total. The number of morpholine rings is 1. The molecule has 0 saturated carbocycles. The van der Waals surface area contributed by atoms with Crippen molar-refractivity contribution >= 4 is 5.91 Å². The van der Waals surface area contributed by atoms with Crippen LogP contribution in [0.2, 0.25) is 0 Å². The molecular formula is C31H36N2O5. The van der Waals surface area contributed by atoms with Gasteiger partial charge in [0.15, 0.2) is 6.29 Å². The summed E-state index contributed by atoms with van der Waals surface area (Å²) in [5.74, 6) is -0.0400. The fourth-order valence-corrected chi connectivity index (χ4v) is 5.02. The summed E-state index contributed by atoms with van der Waals surface area (Å²) >= 11 is 0. The summed E-state index contributed by atoms with van der Waals surface area (Å²) in [5.41, 5.74) is 6.20. The van der Waals surface area contributed by atoms with Gasteiger partial charge in [-0.2, -0.15) is 0 Å². The van der Waals surface area contributed by atoms with Gasteiger partial charge in [0, 0.05) is 45.1 Å². The van der Waals surface area contributed by atoms with Crippen molar-refractivity contribution in [1.29, 1.82) is 0 Å². The number of amides is 1. The Morgan fingerprint density at radius 3 is 2.37 bits per heavy atom. The molecule has 2 N–H and O–H groups in total. The number of ether oxygens (including phenoxy) is 3. The second kappa shape index (κ2) is 12.7. The summed E-state index contributed by atoms with van der Waals surface area (Å²) in [4.78, 5) is 13.7. The average Bonchev–Trinajstić information content (AvgIpc) is 2.97. The molecule has 0 bridgehead atoms. The number of nitrogens with zero attached hydrogens (tertiary/aromatic N) is 1. The van der Waals surface area contributed by atoms with Gasteiger partial charge in [-0.15, -0.1) is 0 Å². The third kappa shape index (κ3) is 6.87. The standard InChI is InChI=1S/C31H36N2O5/c1-22(35)32-19-24-3-2-4-28(17-24)25-9-11-27(12-10-25)31-37-29(20-33-13-15-36-16-14-33)18-30(38-31)26-7-5-23(21-34)6-8-26/h2-12,17,29-31,34H,13-16,18-21H2,1H3,(H,32,35)/t29-,30+,31+/m0/s1. The fourth-order valence-electron chi connectivity index (χ4n) is 5.02. The lowest BCUT2D eigenvalue weighted by atomic mass is 9.99. The Labute approximate surface area is 224 Å². The molecule has 2 saturated heterocycles. The first kappa shape index (κ1) is 26.5. The van der Waals surface area contributed by atoms with Crippen LogP contribution in [0.15, 0.2) is 72.8 Å². The Balaban J connectivity index is 1.33. The van der Waals surface area contributed by atoms with Gasteiger partial charge in [-0.1, -0.05) is 66.7 Å². The molecule has 2 aliphatic rings. The number of rotatable bonds is 8. The zero-order chi connectivity index (χ0) is 26.3. The summed E-state index contributed by atoms with van der Waals surface area (Å²) in [5, 5.41) is 12.3. The number of hydrogen-bond donors (Lipinski definition) is 2. The third-order valence-electron chi connectivity index (χ3n) is 7.17. The lowest BCUT2D eigenvalue weighted by Gasteiger charge is -2.39. The van der Waals surface area contributed by atoms with Crippen LogP contribution >= 0.6 is 0 Å². The smallest absolute Gasteiger partial charge is 0.217 e. The Bertz CT molecular complexity index is 1190. The van der Waals surface area contributed by atoms with Crippen LogP contribution in [0.1, 0.15) is 48.0 Å². The van der Waals surface area contributed by atoms with Crippen LogP contribution in [0.25, 0.3) is 11.1 Å². The number of aliphatic hydroxyl groups is 1. The quantitative estimate of drug-likeness (QED) is 0.463. The van der Waals surface area contributed by atoms with Crippen molar-refractivity contribution < 1.29 is 24.1 Å². The van der Waals surface area contributed by atoms with Gasteiger partial charge in [0.2, 0.25) is 5.91 Å². The van der Waals surface area contributed by atoms with Gasteiger partial charge in [-0.25, -0.2) is 0 Å². The van der Waals surface area contributed by atoms with Gasteiger partial charge in [0.05, 0.1) is 32.0 Å². The minimum atomic E-state index is -0.475. The lowest BCUT2D eigenvalue weighted by Crippen LogP contribution is -2.44. The molecule has 1 amide bonds. The Kier molecular flexibility index (Phi) is 8.83. The minimum absolute atomic E-state index is 0.0273. The van der Waals surface area contributed by atoms with E-state index in [1.54, 1.807) is 0 Å². The van der Waals surface area contributed by atoms with Gasteiger partial charge < -0.3 is 24.6 Å². The molecule has 0 radical (unpaired) electrons. The Morgan fingerprint density at radius 2 is 1.66 bits per heavy atom. The third-order valence-corrected chi connectivity index (χ3v) is 7.17. The maximum Gasteiger partial charge on any atom is 0.217 e. The van der Waals surface area contributed by atoms with Crippen LogP contribution in [-0.4, -0.2) is 54.9 Å². The van der Waals surface area contributed by atoms with E-state index in [2.05, 4.69) is 46.6 Å². The highest BCUT2D eigenvalue weighted by molar-refractivity contribution is 5.73. The van der Waals surface area contributed by atoms with Crippen LogP contribution in [0.4, 0.5) is 0 Å². The highest BCUT2D eigenvalue weighted by Gasteiger charge is 2.33. The van der Waals surface area contributed by atoms with Crippen molar-refractivity contribution in [2.75, 3.05) is 32.8 Å². The normalized spacial score (nSPS) is 22.2. The molecule has 5 rings (SSSR count). The SMILES string of the molecule is CC(=O)NCc1cccc(-c2ccc([C@@H]3O[C@H](CN4CCOCC4)C[C@H](c4ccc(CO)cc4)O3)cc2)c1. The van der Waals surface area contributed by atoms with E-state index in [9.17, 15) is 9.90 Å². The molecule has 3 aromatic carbocycles. The zero-order valence-electron chi connectivity index (χ0n) is 21.8. The summed E-state index contributed by atoms with van der Waals surface area (Å²) < 4.78 is 18.5. The van der Waals surface area contributed by atoms with Crippen molar-refractivity contribution in [1.82, 2.24) is 10.2 Å². The monoisotopic (exact) mass is 516 g/mol. The van der Waals surface area contributed by atoms with Crippen LogP contribution in [0.5, 0.6) is 0 Å². The van der Waals surface area contributed by atoms with Crippen molar-refractivity contribution in [2.45, 2.75) is 45.0 Å². The number of carbonyl (C=O) groups excluding carboxylic acids is 1. The number of benzene rings is 3. The molecule has 200 valence electrons. The summed E-state index contributed by atoms with van der Waals surface area (Å²) in [6.45, 7) is 6.24. The van der Waals surface area contributed by atoms with Crippen molar-refractivity contribution in [3.8, 4) is 11.1 Å². The molecular weight excluding hydrogens is 480 g/mol. The van der Waals surface area contributed by atoms with E-state index in [1.807, 2.05) is 36.4 Å². The van der Waals surface area contributed by atoms with Crippen LogP contribution in [-0.2, 0) is 32.2 Å². The van der Waals surface area contributed by atoms with E-state index in [1.165, 1.54) is 6.92 Å². The van der Waals surface area contributed by atoms with E-state index in [0.717, 1.165) is 72.6 Å². The van der Waals surface area contributed by atoms with E-state index in [0.29, 0.717) is 6.54 Å². The number of carbonyl (C=O) groups is 1. The van der Waals surface area contributed by atoms with Crippen LogP contribution < -0.4 is 5.32 Å².